The molecule has 1 aliphatic carbocycles. The molecule has 0 spiro atoms. The summed E-state index contributed by atoms with van der Waals surface area (Å²) in [4.78, 5) is 0. The van der Waals surface area contributed by atoms with E-state index in [9.17, 15) is 0 Å². The number of fused-ring (bicyclic) bond motifs is 1. The van der Waals surface area contributed by atoms with E-state index in [1.165, 1.54) is 30.4 Å². The predicted octanol–water partition coefficient (Wildman–Crippen LogP) is 2.90. The molecule has 0 radical (unpaired) electrons. The summed E-state index contributed by atoms with van der Waals surface area (Å²) in [6.45, 7) is 8.06. The van der Waals surface area contributed by atoms with Gasteiger partial charge in [0.1, 0.15) is 0 Å². The lowest BCUT2D eigenvalue weighted by atomic mass is 9.91. The SMILES string of the molecule is CCCOCCn1cc2c(c1)C(NCC)CCC2. The molecule has 1 aliphatic rings. The first-order valence-electron chi connectivity index (χ1n) is 7.34. The second kappa shape index (κ2) is 6.95. The monoisotopic (exact) mass is 250 g/mol. The molecule has 1 aromatic heterocycles. The molecule has 0 fully saturated rings. The second-order valence-corrected chi connectivity index (χ2v) is 5.09. The molecule has 0 aliphatic heterocycles. The predicted molar refractivity (Wildman–Crippen MR) is 74.9 cm³/mol. The van der Waals surface area contributed by atoms with Gasteiger partial charge in [0, 0.05) is 31.6 Å². The standard InChI is InChI=1S/C15H26N2O/c1-3-9-18-10-8-17-11-13-6-5-7-15(16-4-2)14(13)12-17/h11-12,15-16H,3-10H2,1-2H3. The normalized spacial score (nSPS) is 18.9. The van der Waals surface area contributed by atoms with Crippen LogP contribution in [0.25, 0.3) is 0 Å². The summed E-state index contributed by atoms with van der Waals surface area (Å²) in [5.74, 6) is 0. The van der Waals surface area contributed by atoms with Crippen LogP contribution >= 0.6 is 0 Å². The van der Waals surface area contributed by atoms with Gasteiger partial charge < -0.3 is 14.6 Å². The zero-order valence-electron chi connectivity index (χ0n) is 11.7. The highest BCUT2D eigenvalue weighted by Gasteiger charge is 2.20. The Balaban J connectivity index is 1.94. The van der Waals surface area contributed by atoms with Gasteiger partial charge in [0.25, 0.3) is 0 Å². The van der Waals surface area contributed by atoms with Crippen LogP contribution in [0.1, 0.15) is 50.3 Å². The highest BCUT2D eigenvalue weighted by molar-refractivity contribution is 5.30. The van der Waals surface area contributed by atoms with E-state index in [0.717, 1.165) is 32.7 Å². The highest BCUT2D eigenvalue weighted by atomic mass is 16.5. The van der Waals surface area contributed by atoms with Gasteiger partial charge >= 0.3 is 0 Å². The number of hydrogen-bond acceptors (Lipinski definition) is 2. The van der Waals surface area contributed by atoms with Gasteiger partial charge in [-0.3, -0.25) is 0 Å². The van der Waals surface area contributed by atoms with Crippen molar-refractivity contribution >= 4 is 0 Å². The van der Waals surface area contributed by atoms with Gasteiger partial charge in [0.2, 0.25) is 0 Å². The van der Waals surface area contributed by atoms with Crippen molar-refractivity contribution in [3.05, 3.63) is 23.5 Å². The fraction of sp³-hybridized carbons (Fsp3) is 0.733. The van der Waals surface area contributed by atoms with Gasteiger partial charge in [-0.25, -0.2) is 0 Å². The lowest BCUT2D eigenvalue weighted by Gasteiger charge is -2.22. The van der Waals surface area contributed by atoms with Gasteiger partial charge in [-0.15, -0.1) is 0 Å². The van der Waals surface area contributed by atoms with Crippen molar-refractivity contribution < 1.29 is 4.74 Å². The van der Waals surface area contributed by atoms with Crippen molar-refractivity contribution in [3.8, 4) is 0 Å². The first kappa shape index (κ1) is 13.6. The Kier molecular flexibility index (Phi) is 5.26. The molecule has 0 bridgehead atoms. The first-order valence-corrected chi connectivity index (χ1v) is 7.34. The van der Waals surface area contributed by atoms with Gasteiger partial charge in [0.05, 0.1) is 6.61 Å². The van der Waals surface area contributed by atoms with E-state index >= 15 is 0 Å². The van der Waals surface area contributed by atoms with Crippen molar-refractivity contribution in [2.75, 3.05) is 19.8 Å². The molecule has 1 N–H and O–H groups in total. The highest BCUT2D eigenvalue weighted by Crippen LogP contribution is 2.30. The maximum Gasteiger partial charge on any atom is 0.0645 e. The zero-order chi connectivity index (χ0) is 12.8. The summed E-state index contributed by atoms with van der Waals surface area (Å²) in [6, 6.07) is 0.566. The summed E-state index contributed by atoms with van der Waals surface area (Å²) in [7, 11) is 0. The third-order valence-corrected chi connectivity index (χ3v) is 3.60. The average molecular weight is 250 g/mol. The van der Waals surface area contributed by atoms with Crippen LogP contribution in [0.4, 0.5) is 0 Å². The largest absolute Gasteiger partial charge is 0.380 e. The molecule has 1 unspecified atom stereocenters. The Morgan fingerprint density at radius 3 is 3.00 bits per heavy atom. The van der Waals surface area contributed by atoms with E-state index in [1.807, 2.05) is 0 Å². The van der Waals surface area contributed by atoms with Gasteiger partial charge in [-0.05, 0) is 43.4 Å². The molecule has 18 heavy (non-hydrogen) atoms. The Morgan fingerprint density at radius 1 is 1.33 bits per heavy atom. The molecule has 0 saturated heterocycles. The van der Waals surface area contributed by atoms with Crippen molar-refractivity contribution in [2.45, 2.75) is 52.1 Å². The fourth-order valence-electron chi connectivity index (χ4n) is 2.75. The number of ether oxygens (including phenoxy) is 1. The lowest BCUT2D eigenvalue weighted by Crippen LogP contribution is -2.23. The Bertz CT molecular complexity index is 359. The van der Waals surface area contributed by atoms with Crippen molar-refractivity contribution in [2.24, 2.45) is 0 Å². The third-order valence-electron chi connectivity index (χ3n) is 3.60. The minimum Gasteiger partial charge on any atom is -0.380 e. The summed E-state index contributed by atoms with van der Waals surface area (Å²) in [5, 5.41) is 3.59. The second-order valence-electron chi connectivity index (χ2n) is 5.09. The van der Waals surface area contributed by atoms with E-state index in [4.69, 9.17) is 4.74 Å². The van der Waals surface area contributed by atoms with Crippen LogP contribution in [0.3, 0.4) is 0 Å². The van der Waals surface area contributed by atoms with Crippen molar-refractivity contribution in [3.63, 3.8) is 0 Å². The van der Waals surface area contributed by atoms with E-state index in [1.54, 1.807) is 0 Å². The van der Waals surface area contributed by atoms with E-state index < -0.39 is 0 Å². The van der Waals surface area contributed by atoms with E-state index in [-0.39, 0.29) is 0 Å². The molecule has 2 rings (SSSR count). The Hall–Kier alpha value is -0.800. The molecule has 3 nitrogen and oxygen atoms in total. The lowest BCUT2D eigenvalue weighted by molar-refractivity contribution is 0.127. The molecule has 1 aromatic rings. The van der Waals surface area contributed by atoms with Crippen LogP contribution in [0.5, 0.6) is 0 Å². The number of aryl methyl sites for hydroxylation is 1. The summed E-state index contributed by atoms with van der Waals surface area (Å²) in [5.41, 5.74) is 3.04. The smallest absolute Gasteiger partial charge is 0.0645 e. The minimum atomic E-state index is 0.566. The van der Waals surface area contributed by atoms with Crippen LogP contribution in [-0.2, 0) is 17.7 Å². The Labute approximate surface area is 111 Å². The first-order chi connectivity index (χ1) is 8.85. The molecular weight excluding hydrogens is 224 g/mol. The van der Waals surface area contributed by atoms with Gasteiger partial charge in [0.15, 0.2) is 0 Å². The maximum atomic E-state index is 5.56. The number of nitrogens with zero attached hydrogens (tertiary/aromatic N) is 1. The number of aromatic nitrogens is 1. The molecule has 102 valence electrons. The van der Waals surface area contributed by atoms with E-state index in [0.29, 0.717) is 6.04 Å². The Morgan fingerprint density at radius 2 is 2.22 bits per heavy atom. The number of nitrogens with one attached hydrogen (secondary N) is 1. The van der Waals surface area contributed by atoms with E-state index in [2.05, 4.69) is 36.1 Å². The van der Waals surface area contributed by atoms with Crippen molar-refractivity contribution in [1.29, 1.82) is 0 Å². The zero-order valence-corrected chi connectivity index (χ0v) is 11.7. The molecule has 3 heteroatoms. The van der Waals surface area contributed by atoms with Crippen molar-refractivity contribution in [1.82, 2.24) is 9.88 Å². The molecule has 1 heterocycles. The average Bonchev–Trinajstić information content (AvgIpc) is 2.79. The summed E-state index contributed by atoms with van der Waals surface area (Å²) >= 11 is 0. The molecule has 0 aromatic carbocycles. The molecular formula is C15H26N2O. The quantitative estimate of drug-likeness (QED) is 0.753. The van der Waals surface area contributed by atoms with Crippen LogP contribution in [-0.4, -0.2) is 24.3 Å². The minimum absolute atomic E-state index is 0.566. The van der Waals surface area contributed by atoms with Gasteiger partial charge in [-0.2, -0.15) is 0 Å². The molecule has 1 atom stereocenters. The van der Waals surface area contributed by atoms with Crippen LogP contribution in [0.2, 0.25) is 0 Å². The van der Waals surface area contributed by atoms with Gasteiger partial charge in [-0.1, -0.05) is 13.8 Å². The van der Waals surface area contributed by atoms with Crippen LogP contribution in [0.15, 0.2) is 12.4 Å². The maximum absolute atomic E-state index is 5.56. The molecule has 0 saturated carbocycles. The molecule has 0 amide bonds. The van der Waals surface area contributed by atoms with Crippen LogP contribution in [0, 0.1) is 0 Å². The topological polar surface area (TPSA) is 26.2 Å². The number of rotatable bonds is 7. The number of hydrogen-bond donors (Lipinski definition) is 1. The fourth-order valence-corrected chi connectivity index (χ4v) is 2.75. The summed E-state index contributed by atoms with van der Waals surface area (Å²) < 4.78 is 7.86. The van der Waals surface area contributed by atoms with Crippen LogP contribution < -0.4 is 5.32 Å². The summed E-state index contributed by atoms with van der Waals surface area (Å²) in [6.07, 6.45) is 9.55. The third kappa shape index (κ3) is 3.36.